The molecule has 0 saturated heterocycles. The maximum absolute atomic E-state index is 9.30. The Bertz CT molecular complexity index is 74.0. The lowest BCUT2D eigenvalue weighted by Crippen LogP contribution is -2.24. The first kappa shape index (κ1) is 10.3. The standard InChI is InChI=1S/C7H16O2S/c1-2-3-7(9)6(4-8)5-10/h6-10H,2-5H2,1H3. The third-order valence-corrected chi connectivity index (χ3v) is 2.07. The molecule has 0 aromatic carbocycles. The fourth-order valence-electron chi connectivity index (χ4n) is 0.833. The second kappa shape index (κ2) is 6.01. The molecule has 0 fully saturated rings. The van der Waals surface area contributed by atoms with Crippen molar-refractivity contribution in [1.29, 1.82) is 0 Å². The van der Waals surface area contributed by atoms with Crippen LogP contribution in [0.2, 0.25) is 0 Å². The summed E-state index contributed by atoms with van der Waals surface area (Å²) in [5.74, 6) is 0.501. The van der Waals surface area contributed by atoms with Crippen molar-refractivity contribution < 1.29 is 10.2 Å². The quantitative estimate of drug-likeness (QED) is 0.523. The van der Waals surface area contributed by atoms with Crippen molar-refractivity contribution in [3.63, 3.8) is 0 Å². The molecule has 0 aromatic heterocycles. The lowest BCUT2D eigenvalue weighted by molar-refractivity contribution is 0.0727. The van der Waals surface area contributed by atoms with E-state index in [1.807, 2.05) is 6.92 Å². The minimum atomic E-state index is -0.382. The van der Waals surface area contributed by atoms with E-state index in [0.717, 1.165) is 12.8 Å². The Morgan fingerprint density at radius 3 is 2.40 bits per heavy atom. The van der Waals surface area contributed by atoms with Crippen molar-refractivity contribution in [2.75, 3.05) is 12.4 Å². The monoisotopic (exact) mass is 164 g/mol. The second-order valence-corrected chi connectivity index (χ2v) is 2.85. The first-order chi connectivity index (χ1) is 4.76. The fraction of sp³-hybridized carbons (Fsp3) is 1.00. The first-order valence-corrected chi connectivity index (χ1v) is 4.29. The lowest BCUT2D eigenvalue weighted by atomic mass is 10.0. The Kier molecular flexibility index (Phi) is 6.17. The summed E-state index contributed by atoms with van der Waals surface area (Å²) in [5, 5.41) is 18.0. The summed E-state index contributed by atoms with van der Waals surface area (Å²) < 4.78 is 0. The van der Waals surface area contributed by atoms with Crippen LogP contribution in [0.3, 0.4) is 0 Å². The van der Waals surface area contributed by atoms with Crippen molar-refractivity contribution in [1.82, 2.24) is 0 Å². The maximum atomic E-state index is 9.30. The number of rotatable bonds is 5. The molecule has 0 aliphatic carbocycles. The van der Waals surface area contributed by atoms with Crippen molar-refractivity contribution >= 4 is 12.6 Å². The zero-order valence-corrected chi connectivity index (χ0v) is 7.22. The SMILES string of the molecule is CCCC(O)C(CO)CS. The molecule has 0 amide bonds. The summed E-state index contributed by atoms with van der Waals surface area (Å²) in [6.07, 6.45) is 1.32. The van der Waals surface area contributed by atoms with E-state index in [-0.39, 0.29) is 18.6 Å². The number of hydrogen-bond donors (Lipinski definition) is 3. The van der Waals surface area contributed by atoms with E-state index in [1.165, 1.54) is 0 Å². The number of thiol groups is 1. The van der Waals surface area contributed by atoms with Crippen LogP contribution in [0.25, 0.3) is 0 Å². The highest BCUT2D eigenvalue weighted by Crippen LogP contribution is 2.10. The van der Waals surface area contributed by atoms with Crippen LogP contribution in [0.5, 0.6) is 0 Å². The normalized spacial score (nSPS) is 16.8. The highest BCUT2D eigenvalue weighted by molar-refractivity contribution is 7.80. The predicted molar refractivity (Wildman–Crippen MR) is 45.3 cm³/mol. The van der Waals surface area contributed by atoms with Crippen LogP contribution >= 0.6 is 12.6 Å². The molecule has 0 aromatic rings. The smallest absolute Gasteiger partial charge is 0.0598 e. The van der Waals surface area contributed by atoms with E-state index >= 15 is 0 Å². The molecule has 2 N–H and O–H groups in total. The third kappa shape index (κ3) is 3.44. The van der Waals surface area contributed by atoms with Gasteiger partial charge in [0, 0.05) is 12.5 Å². The van der Waals surface area contributed by atoms with Crippen molar-refractivity contribution in [2.45, 2.75) is 25.9 Å². The van der Waals surface area contributed by atoms with Gasteiger partial charge in [0.05, 0.1) is 6.10 Å². The molecule has 0 heterocycles. The fourth-order valence-corrected chi connectivity index (χ4v) is 1.19. The zero-order valence-electron chi connectivity index (χ0n) is 6.32. The molecule has 0 spiro atoms. The number of aliphatic hydroxyl groups excluding tert-OH is 2. The van der Waals surface area contributed by atoms with Gasteiger partial charge in [-0.3, -0.25) is 0 Å². The van der Waals surface area contributed by atoms with Gasteiger partial charge in [-0.2, -0.15) is 12.6 Å². The molecule has 0 aliphatic rings. The van der Waals surface area contributed by atoms with Crippen LogP contribution in [-0.2, 0) is 0 Å². The van der Waals surface area contributed by atoms with Gasteiger partial charge in [-0.15, -0.1) is 0 Å². The molecule has 0 rings (SSSR count). The molecule has 3 heteroatoms. The summed E-state index contributed by atoms with van der Waals surface area (Å²) in [7, 11) is 0. The first-order valence-electron chi connectivity index (χ1n) is 3.66. The Labute approximate surface area is 67.7 Å². The predicted octanol–water partition coefficient (Wildman–Crippen LogP) is 0.686. The molecule has 0 saturated carbocycles. The minimum absolute atomic E-state index is 0.0324. The van der Waals surface area contributed by atoms with Crippen LogP contribution in [0.4, 0.5) is 0 Å². The average Bonchev–Trinajstić information content (AvgIpc) is 1.91. The molecular weight excluding hydrogens is 148 g/mol. The molecular formula is C7H16O2S. The van der Waals surface area contributed by atoms with Gasteiger partial charge in [0.25, 0.3) is 0 Å². The summed E-state index contributed by atoms with van der Waals surface area (Å²) in [6, 6.07) is 0. The number of hydrogen-bond acceptors (Lipinski definition) is 3. The minimum Gasteiger partial charge on any atom is -0.396 e. The van der Waals surface area contributed by atoms with Gasteiger partial charge in [-0.1, -0.05) is 13.3 Å². The molecule has 2 atom stereocenters. The molecule has 0 bridgehead atoms. The van der Waals surface area contributed by atoms with Crippen molar-refractivity contribution in [2.24, 2.45) is 5.92 Å². The van der Waals surface area contributed by atoms with Gasteiger partial charge in [0.15, 0.2) is 0 Å². The Hall–Kier alpha value is 0.270. The van der Waals surface area contributed by atoms with Crippen molar-refractivity contribution in [3.8, 4) is 0 Å². The summed E-state index contributed by atoms with van der Waals surface area (Å²) in [4.78, 5) is 0. The number of aliphatic hydroxyl groups is 2. The molecule has 2 nitrogen and oxygen atoms in total. The van der Waals surface area contributed by atoms with Gasteiger partial charge >= 0.3 is 0 Å². The highest BCUT2D eigenvalue weighted by Gasteiger charge is 2.14. The van der Waals surface area contributed by atoms with E-state index in [2.05, 4.69) is 12.6 Å². The zero-order chi connectivity index (χ0) is 7.98. The van der Waals surface area contributed by atoms with E-state index in [4.69, 9.17) is 5.11 Å². The molecule has 0 radical (unpaired) electrons. The van der Waals surface area contributed by atoms with E-state index < -0.39 is 0 Å². The third-order valence-electron chi connectivity index (χ3n) is 1.60. The molecule has 2 unspecified atom stereocenters. The molecule has 62 valence electrons. The summed E-state index contributed by atoms with van der Waals surface area (Å²) in [6.45, 7) is 2.04. The summed E-state index contributed by atoms with van der Waals surface area (Å²) >= 11 is 4.01. The molecule has 10 heavy (non-hydrogen) atoms. The van der Waals surface area contributed by atoms with Gasteiger partial charge < -0.3 is 10.2 Å². The maximum Gasteiger partial charge on any atom is 0.0598 e. The highest BCUT2D eigenvalue weighted by atomic mass is 32.1. The van der Waals surface area contributed by atoms with Gasteiger partial charge in [-0.05, 0) is 12.2 Å². The topological polar surface area (TPSA) is 40.5 Å². The second-order valence-electron chi connectivity index (χ2n) is 2.48. The van der Waals surface area contributed by atoms with Crippen LogP contribution in [0.1, 0.15) is 19.8 Å². The van der Waals surface area contributed by atoms with Gasteiger partial charge in [0.2, 0.25) is 0 Å². The van der Waals surface area contributed by atoms with Crippen LogP contribution in [0.15, 0.2) is 0 Å². The Morgan fingerprint density at radius 2 is 2.10 bits per heavy atom. The van der Waals surface area contributed by atoms with Crippen LogP contribution in [0, 0.1) is 5.92 Å². The van der Waals surface area contributed by atoms with E-state index in [9.17, 15) is 5.11 Å². The van der Waals surface area contributed by atoms with E-state index in [1.54, 1.807) is 0 Å². The average molecular weight is 164 g/mol. The van der Waals surface area contributed by atoms with Crippen molar-refractivity contribution in [3.05, 3.63) is 0 Å². The van der Waals surface area contributed by atoms with E-state index in [0.29, 0.717) is 5.75 Å². The van der Waals surface area contributed by atoms with Gasteiger partial charge in [-0.25, -0.2) is 0 Å². The van der Waals surface area contributed by atoms with Gasteiger partial charge in [0.1, 0.15) is 0 Å². The Morgan fingerprint density at radius 1 is 1.50 bits per heavy atom. The molecule has 0 aliphatic heterocycles. The van der Waals surface area contributed by atoms with Crippen LogP contribution < -0.4 is 0 Å². The largest absolute Gasteiger partial charge is 0.396 e. The summed E-state index contributed by atoms with van der Waals surface area (Å²) in [5.41, 5.74) is 0. The lowest BCUT2D eigenvalue weighted by Gasteiger charge is -2.17. The van der Waals surface area contributed by atoms with Crippen LogP contribution in [-0.4, -0.2) is 28.7 Å². The Balaban J connectivity index is 3.53.